The minimum Gasteiger partial charge on any atom is -0.481 e. The maximum atomic E-state index is 15.6. The standard InChI is InChI=1S/C66H103N17O16S.C19H22F2N4O3/c1-9-35(6)52(69)66-81-48(32-100-66)63(97)76-43(26-34(4)5)59(93)74-42(22-23-50(85)86)58(92)83-53(36(7)10-2)64(98)75-40-20-15-16-25-71-55(89)46(29-49(68)84)78-62(96)47(30-51(87)88)79-61(95)45(28-39-31-70-33-72-39)77-60(94)44(27-38-18-13-12-14-19-38)80-65(99)54(37(8)11-3)82-57(91)41(21-17-24-67)73-56(40)90;1-8-5-24(6-9(2)23-8)17-13(20)15(22)12-16(14(17)21)25(10-3-4-10)7-11(18(12)26)19(27)28/h12-14,18-19,31,33-37,40-48,52-54H,9-11,15-17,20-30,32,67,69H2,1-8H3,(H2,68,84)(H,70,72)(H,71,89)(H,73,90)(H,74,93)(H,75,98)(H,76,97)(H,77,94)(H,78,96)(H,79,95)(H,80,99)(H,82,91)(H,83,92)(H,85,86)(H,87,88);7-10,23H,3-6,22H2,1-2H3,(H,27,28)/t35-,36-,37-,40+,41+,42+,43-,44+,45-,46-,47+,48-,52-,53-,54-;8-,9+/m0./s1. The highest BCUT2D eigenvalue weighted by molar-refractivity contribution is 8.14. The fourth-order valence-corrected chi connectivity index (χ4v) is 16.2. The zero-order valence-corrected chi connectivity index (χ0v) is 74.6. The summed E-state index contributed by atoms with van der Waals surface area (Å²) < 4.78 is 32.2. The van der Waals surface area contributed by atoms with Crippen LogP contribution in [0.25, 0.3) is 10.9 Å². The summed E-state index contributed by atoms with van der Waals surface area (Å²) in [6.45, 7) is 18.7. The molecule has 4 aliphatic rings. The van der Waals surface area contributed by atoms with Gasteiger partial charge in [0.05, 0.1) is 46.8 Å². The number of carboxylic acids is 3. The number of hydrogen-bond donors (Lipinski definition) is 20. The number of aliphatic imine (C=N–C) groups is 1. The third kappa shape index (κ3) is 29.7. The number of H-pyrrole nitrogens is 1. The number of nitrogens with zero attached hydrogens (tertiary/aromatic N) is 4. The van der Waals surface area contributed by atoms with E-state index < -0.39 is 233 Å². The van der Waals surface area contributed by atoms with Crippen molar-refractivity contribution in [2.24, 2.45) is 45.9 Å². The van der Waals surface area contributed by atoms with Gasteiger partial charge in [0.2, 0.25) is 76.3 Å². The molecule has 3 fully saturated rings. The lowest BCUT2D eigenvalue weighted by Gasteiger charge is -2.38. The Hall–Kier alpha value is -11.7. The van der Waals surface area contributed by atoms with Crippen LogP contribution < -0.4 is 97.1 Å². The van der Waals surface area contributed by atoms with E-state index in [4.69, 9.17) is 22.9 Å². The molecule has 5 heterocycles. The van der Waals surface area contributed by atoms with Gasteiger partial charge in [-0.25, -0.2) is 18.6 Å². The first kappa shape index (κ1) is 103. The molecule has 704 valence electrons. The number of pyridine rings is 1. The predicted molar refractivity (Wildman–Crippen MR) is 471 cm³/mol. The Bertz CT molecular complexity index is 4700. The number of amides is 12. The van der Waals surface area contributed by atoms with Crippen LogP contribution in [0, 0.1) is 35.3 Å². The Morgan fingerprint density at radius 1 is 0.672 bits per heavy atom. The zero-order valence-electron chi connectivity index (χ0n) is 73.8. The summed E-state index contributed by atoms with van der Waals surface area (Å²) in [6, 6.07) is -8.45. The van der Waals surface area contributed by atoms with Crippen LogP contribution in [0.1, 0.15) is 193 Å². The number of rotatable bonds is 34. The molecule has 128 heavy (non-hydrogen) atoms. The summed E-state index contributed by atoms with van der Waals surface area (Å²) in [7, 11) is 0. The lowest BCUT2D eigenvalue weighted by atomic mass is 9.96. The highest BCUT2D eigenvalue weighted by Crippen LogP contribution is 2.42. The second kappa shape index (κ2) is 49.0. The number of imidazole rings is 1. The number of carbonyl (C=O) groups is 15. The Balaban J connectivity index is 0.000000668. The normalized spacial score (nSPS) is 23.0. The number of fused-ring (bicyclic) bond motifs is 1. The number of aromatic carboxylic acids is 1. The van der Waals surface area contributed by atoms with Crippen molar-refractivity contribution in [1.29, 1.82) is 0 Å². The second-order valence-electron chi connectivity index (χ2n) is 33.8. The van der Waals surface area contributed by atoms with Gasteiger partial charge in [-0.15, -0.1) is 11.8 Å². The molecular formula is C85H125F2N21O19S. The maximum Gasteiger partial charge on any atom is 0.341 e. The summed E-state index contributed by atoms with van der Waals surface area (Å²) in [5.41, 5.74) is 22.2. The van der Waals surface area contributed by atoms with Gasteiger partial charge in [0.15, 0.2) is 11.6 Å². The molecule has 4 aromatic rings. The van der Waals surface area contributed by atoms with E-state index >= 15 is 8.78 Å². The summed E-state index contributed by atoms with van der Waals surface area (Å²) in [5.74, 6) is -18.7. The van der Waals surface area contributed by atoms with Gasteiger partial charge in [-0.2, -0.15) is 0 Å². The van der Waals surface area contributed by atoms with Crippen LogP contribution >= 0.6 is 11.8 Å². The number of thioether (sulfide) groups is 1. The Morgan fingerprint density at radius 3 is 1.85 bits per heavy atom. The van der Waals surface area contributed by atoms with E-state index in [2.05, 4.69) is 78.8 Å². The molecule has 24 N–H and O–H groups in total. The summed E-state index contributed by atoms with van der Waals surface area (Å²) in [6.07, 6.45) is 2.97. The number of piperazine rings is 1. The van der Waals surface area contributed by atoms with Crippen molar-refractivity contribution in [2.75, 3.05) is 42.6 Å². The number of primary amides is 1. The number of nitrogens with two attached hydrogens (primary N) is 4. The molecule has 8 rings (SSSR count). The molecule has 2 aromatic carbocycles. The van der Waals surface area contributed by atoms with Crippen LogP contribution in [-0.4, -0.2) is 240 Å². The molecule has 1 saturated carbocycles. The number of hydrogen-bond acceptors (Lipinski definition) is 24. The molecular weight excluding hydrogens is 1690 g/mol. The monoisotopic (exact) mass is 1810 g/mol. The minimum absolute atomic E-state index is 0.00117. The summed E-state index contributed by atoms with van der Waals surface area (Å²) in [4.78, 5) is 232. The molecule has 3 aliphatic heterocycles. The number of benzene rings is 2. The van der Waals surface area contributed by atoms with Crippen molar-refractivity contribution in [1.82, 2.24) is 78.3 Å². The molecule has 40 nitrogen and oxygen atoms in total. The predicted octanol–water partition coefficient (Wildman–Crippen LogP) is 0.404. The van der Waals surface area contributed by atoms with Gasteiger partial charge in [-0.05, 0) is 107 Å². The second-order valence-corrected chi connectivity index (χ2v) is 34.8. The van der Waals surface area contributed by atoms with Crippen LogP contribution in [0.3, 0.4) is 0 Å². The first-order chi connectivity index (χ1) is 60.6. The molecule has 0 unspecified atom stereocenters. The van der Waals surface area contributed by atoms with E-state index in [-0.39, 0.29) is 124 Å². The van der Waals surface area contributed by atoms with Gasteiger partial charge in [0, 0.05) is 80.9 Å². The number of anilines is 2. The van der Waals surface area contributed by atoms with Gasteiger partial charge in [-0.1, -0.05) is 105 Å². The van der Waals surface area contributed by atoms with E-state index in [0.29, 0.717) is 29.4 Å². The van der Waals surface area contributed by atoms with E-state index in [1.807, 2.05) is 41.5 Å². The Labute approximate surface area is 744 Å². The number of halogens is 2. The van der Waals surface area contributed by atoms with Crippen LogP contribution in [-0.2, 0) is 80.0 Å². The lowest BCUT2D eigenvalue weighted by molar-refractivity contribution is -0.142. The number of carboxylic acid groups (broad SMARTS) is 3. The third-order valence-corrected chi connectivity index (χ3v) is 24.0. The number of aromatic amines is 1. The van der Waals surface area contributed by atoms with E-state index in [1.54, 1.807) is 62.9 Å². The van der Waals surface area contributed by atoms with Crippen molar-refractivity contribution in [3.8, 4) is 0 Å². The molecule has 12 amide bonds. The van der Waals surface area contributed by atoms with Crippen molar-refractivity contribution in [2.45, 2.75) is 269 Å². The largest absolute Gasteiger partial charge is 0.481 e. The fraction of sp³-hybridized carbons (Fsp3) is 0.600. The highest BCUT2D eigenvalue weighted by Gasteiger charge is 2.42. The first-order valence-corrected chi connectivity index (χ1v) is 44.4. The van der Waals surface area contributed by atoms with Crippen molar-refractivity contribution in [3.05, 3.63) is 87.7 Å². The number of carbonyl (C=O) groups excluding carboxylic acids is 12. The van der Waals surface area contributed by atoms with E-state index in [1.165, 1.54) is 28.9 Å². The van der Waals surface area contributed by atoms with Crippen LogP contribution in [0.15, 0.2) is 58.8 Å². The number of aliphatic carboxylic acids is 2. The maximum absolute atomic E-state index is 15.6. The molecule has 43 heteroatoms. The summed E-state index contributed by atoms with van der Waals surface area (Å²) >= 11 is 1.35. The topological polar surface area (TPSA) is 631 Å². The summed E-state index contributed by atoms with van der Waals surface area (Å²) in [5, 5.41) is 61.3. The minimum atomic E-state index is -1.94. The smallest absolute Gasteiger partial charge is 0.341 e. The van der Waals surface area contributed by atoms with Crippen molar-refractivity contribution >= 4 is 128 Å². The molecule has 0 spiro atoms. The Morgan fingerprint density at radius 2 is 1.27 bits per heavy atom. The van der Waals surface area contributed by atoms with Gasteiger partial charge >= 0.3 is 17.9 Å². The molecule has 2 aromatic heterocycles. The SMILES string of the molecule is CC[C@H](C)[C@H](N)C1=N[C@H](C(=O)N[C@@H](CC(C)C)C(=O)N[C@H](CCC(=O)O)C(=O)N[C@H](C(=O)N[C@@H]2CCCCNC(=O)[C@H](CC(N)=O)NC(=O)[C@@H](CC(=O)O)NC(=O)[C@H](Cc3cnc[nH]3)NC(=O)[C@@H](Cc3ccccc3)NC(=O)[C@H]([C@@H](C)CC)NC(=O)[C@@H](CCCN)NC2=O)[C@@H](C)CC)CS1.C[C@@H]1CN(c2c(F)c(N)c3c(=O)c(C(=O)O)cn(C4CC4)c3c2F)C[C@H](C)N1. The van der Waals surface area contributed by atoms with Crippen LogP contribution in [0.2, 0.25) is 0 Å². The van der Waals surface area contributed by atoms with E-state index in [0.717, 1.165) is 25.5 Å². The quantitative estimate of drug-likeness (QED) is 0.0282. The highest BCUT2D eigenvalue weighted by atomic mass is 32.2. The van der Waals surface area contributed by atoms with Crippen molar-refractivity contribution < 1.29 is 96.0 Å². The third-order valence-electron chi connectivity index (χ3n) is 22.9. The van der Waals surface area contributed by atoms with Gasteiger partial charge < -0.3 is 117 Å². The number of nitrogen functional groups attached to an aromatic ring is 1. The Kier molecular flexibility index (Phi) is 39.6. The molecule has 0 bridgehead atoms. The first-order valence-electron chi connectivity index (χ1n) is 43.4. The van der Waals surface area contributed by atoms with Gasteiger partial charge in [0.25, 0.3) is 0 Å². The average molecular weight is 1820 g/mol. The zero-order chi connectivity index (χ0) is 94.7. The molecule has 17 atom stereocenters. The van der Waals surface area contributed by atoms with Crippen molar-refractivity contribution in [3.63, 3.8) is 0 Å². The number of aromatic nitrogens is 3. The molecule has 0 radical (unpaired) electrons. The van der Waals surface area contributed by atoms with Gasteiger partial charge in [0.1, 0.15) is 77.7 Å². The molecule has 1 aliphatic carbocycles. The molecule has 2 saturated heterocycles. The average Bonchev–Trinajstić information content (AvgIpc) is 1.27. The van der Waals surface area contributed by atoms with E-state index in [9.17, 15) is 92.0 Å². The fourth-order valence-electron chi connectivity index (χ4n) is 15.0. The lowest BCUT2D eigenvalue weighted by Crippen LogP contribution is -2.62. The van der Waals surface area contributed by atoms with Gasteiger partial charge in [-0.3, -0.25) is 76.9 Å². The van der Waals surface area contributed by atoms with Crippen LogP contribution in [0.4, 0.5) is 20.2 Å². The van der Waals surface area contributed by atoms with Crippen LogP contribution in [0.5, 0.6) is 0 Å². The number of nitrogens with one attached hydrogen (secondary N) is 13.